The summed E-state index contributed by atoms with van der Waals surface area (Å²) < 4.78 is 0. The molecule has 0 aromatic rings. The molecule has 0 amide bonds. The molecule has 2 aliphatic rings. The summed E-state index contributed by atoms with van der Waals surface area (Å²) in [6, 6.07) is 0.752. The lowest BCUT2D eigenvalue weighted by Gasteiger charge is -2.36. The number of nitrogens with one attached hydrogen (secondary N) is 1. The number of hydrogen-bond acceptors (Lipinski definition) is 2. The SMILES string of the molecule is C[C@H]1CNCCN1CC1CCCCCC1. The Balaban J connectivity index is 1.78. The lowest BCUT2D eigenvalue weighted by atomic mass is 9.98. The van der Waals surface area contributed by atoms with Gasteiger partial charge in [0.25, 0.3) is 0 Å². The highest BCUT2D eigenvalue weighted by molar-refractivity contribution is 4.79. The molecule has 0 aromatic heterocycles. The molecule has 1 saturated carbocycles. The predicted octanol–water partition coefficient (Wildman–Crippen LogP) is 2.25. The molecular formula is C13H26N2. The fourth-order valence-corrected chi connectivity index (χ4v) is 3.03. The van der Waals surface area contributed by atoms with Crippen molar-refractivity contribution in [3.05, 3.63) is 0 Å². The van der Waals surface area contributed by atoms with Crippen molar-refractivity contribution in [2.24, 2.45) is 5.92 Å². The van der Waals surface area contributed by atoms with E-state index in [0.29, 0.717) is 0 Å². The highest BCUT2D eigenvalue weighted by atomic mass is 15.2. The molecule has 1 atom stereocenters. The minimum atomic E-state index is 0.752. The van der Waals surface area contributed by atoms with Crippen LogP contribution in [0.15, 0.2) is 0 Å². The Morgan fingerprint density at radius 2 is 1.87 bits per heavy atom. The van der Waals surface area contributed by atoms with Crippen molar-refractivity contribution in [3.8, 4) is 0 Å². The molecule has 2 heteroatoms. The molecule has 0 bridgehead atoms. The van der Waals surface area contributed by atoms with E-state index in [0.717, 1.165) is 12.0 Å². The van der Waals surface area contributed by atoms with Crippen molar-refractivity contribution in [1.29, 1.82) is 0 Å². The van der Waals surface area contributed by atoms with Crippen molar-refractivity contribution in [2.75, 3.05) is 26.2 Å². The van der Waals surface area contributed by atoms with Crippen molar-refractivity contribution in [3.63, 3.8) is 0 Å². The van der Waals surface area contributed by atoms with Gasteiger partial charge in [-0.1, -0.05) is 25.7 Å². The van der Waals surface area contributed by atoms with Crippen LogP contribution in [-0.4, -0.2) is 37.1 Å². The third-order valence-electron chi connectivity index (χ3n) is 4.11. The van der Waals surface area contributed by atoms with Gasteiger partial charge in [-0.25, -0.2) is 0 Å². The number of rotatable bonds is 2. The van der Waals surface area contributed by atoms with Crippen LogP contribution in [-0.2, 0) is 0 Å². The molecule has 0 radical (unpaired) electrons. The second-order valence-corrected chi connectivity index (χ2v) is 5.41. The van der Waals surface area contributed by atoms with Crippen LogP contribution in [0.3, 0.4) is 0 Å². The molecular weight excluding hydrogens is 184 g/mol. The van der Waals surface area contributed by atoms with Crippen molar-refractivity contribution in [2.45, 2.75) is 51.5 Å². The Hall–Kier alpha value is -0.0800. The zero-order valence-electron chi connectivity index (χ0n) is 10.2. The molecule has 2 nitrogen and oxygen atoms in total. The van der Waals surface area contributed by atoms with Crippen molar-refractivity contribution < 1.29 is 0 Å². The van der Waals surface area contributed by atoms with Crippen LogP contribution in [0.2, 0.25) is 0 Å². The third-order valence-corrected chi connectivity index (χ3v) is 4.11. The molecule has 2 rings (SSSR count). The second-order valence-electron chi connectivity index (χ2n) is 5.41. The average molecular weight is 210 g/mol. The van der Waals surface area contributed by atoms with E-state index < -0.39 is 0 Å². The van der Waals surface area contributed by atoms with Gasteiger partial charge in [0.05, 0.1) is 0 Å². The van der Waals surface area contributed by atoms with Gasteiger partial charge in [-0.15, -0.1) is 0 Å². The van der Waals surface area contributed by atoms with E-state index in [9.17, 15) is 0 Å². The molecule has 1 heterocycles. The van der Waals surface area contributed by atoms with Crippen LogP contribution in [0.5, 0.6) is 0 Å². The lowest BCUT2D eigenvalue weighted by Crippen LogP contribution is -2.51. The van der Waals surface area contributed by atoms with Crippen LogP contribution < -0.4 is 5.32 Å². The zero-order chi connectivity index (χ0) is 10.5. The van der Waals surface area contributed by atoms with Gasteiger partial charge >= 0.3 is 0 Å². The smallest absolute Gasteiger partial charge is 0.0193 e. The van der Waals surface area contributed by atoms with E-state index in [1.165, 1.54) is 64.7 Å². The molecule has 15 heavy (non-hydrogen) atoms. The summed E-state index contributed by atoms with van der Waals surface area (Å²) in [5, 5.41) is 3.47. The predicted molar refractivity (Wildman–Crippen MR) is 65.1 cm³/mol. The van der Waals surface area contributed by atoms with E-state index in [1.807, 2.05) is 0 Å². The van der Waals surface area contributed by atoms with Crippen LogP contribution in [0.4, 0.5) is 0 Å². The monoisotopic (exact) mass is 210 g/mol. The molecule has 1 aliphatic carbocycles. The Morgan fingerprint density at radius 1 is 1.13 bits per heavy atom. The maximum Gasteiger partial charge on any atom is 0.0193 e. The summed E-state index contributed by atoms with van der Waals surface area (Å²) in [7, 11) is 0. The van der Waals surface area contributed by atoms with Crippen LogP contribution in [0.1, 0.15) is 45.4 Å². The van der Waals surface area contributed by atoms with Gasteiger partial charge in [0, 0.05) is 32.2 Å². The summed E-state index contributed by atoms with van der Waals surface area (Å²) in [4.78, 5) is 2.70. The lowest BCUT2D eigenvalue weighted by molar-refractivity contribution is 0.142. The molecule has 2 fully saturated rings. The minimum absolute atomic E-state index is 0.752. The quantitative estimate of drug-likeness (QED) is 0.703. The fraction of sp³-hybridized carbons (Fsp3) is 1.00. The first-order chi connectivity index (χ1) is 7.36. The summed E-state index contributed by atoms with van der Waals surface area (Å²) in [5.74, 6) is 0.994. The maximum absolute atomic E-state index is 3.47. The molecule has 1 N–H and O–H groups in total. The summed E-state index contributed by atoms with van der Waals surface area (Å²) >= 11 is 0. The van der Waals surface area contributed by atoms with Gasteiger partial charge in [-0.2, -0.15) is 0 Å². The molecule has 0 aromatic carbocycles. The highest BCUT2D eigenvalue weighted by Gasteiger charge is 2.21. The van der Waals surface area contributed by atoms with Gasteiger partial charge in [0.2, 0.25) is 0 Å². The summed E-state index contributed by atoms with van der Waals surface area (Å²) in [6.07, 6.45) is 8.88. The van der Waals surface area contributed by atoms with Gasteiger partial charge in [0.15, 0.2) is 0 Å². The first kappa shape index (κ1) is 11.4. The minimum Gasteiger partial charge on any atom is -0.314 e. The van der Waals surface area contributed by atoms with Crippen LogP contribution in [0, 0.1) is 5.92 Å². The van der Waals surface area contributed by atoms with E-state index in [4.69, 9.17) is 0 Å². The fourth-order valence-electron chi connectivity index (χ4n) is 3.03. The molecule has 1 saturated heterocycles. The Bertz CT molecular complexity index is 173. The molecule has 0 spiro atoms. The zero-order valence-corrected chi connectivity index (χ0v) is 10.2. The van der Waals surface area contributed by atoms with E-state index in [-0.39, 0.29) is 0 Å². The largest absolute Gasteiger partial charge is 0.314 e. The van der Waals surface area contributed by atoms with Crippen LogP contribution >= 0.6 is 0 Å². The summed E-state index contributed by atoms with van der Waals surface area (Å²) in [5.41, 5.74) is 0. The normalized spacial score (nSPS) is 31.4. The maximum atomic E-state index is 3.47. The average Bonchev–Trinajstić information content (AvgIpc) is 2.50. The first-order valence-corrected chi connectivity index (χ1v) is 6.81. The van der Waals surface area contributed by atoms with Crippen molar-refractivity contribution in [1.82, 2.24) is 10.2 Å². The van der Waals surface area contributed by atoms with E-state index >= 15 is 0 Å². The second kappa shape index (κ2) is 5.86. The Kier molecular flexibility index (Phi) is 4.45. The first-order valence-electron chi connectivity index (χ1n) is 6.81. The highest BCUT2D eigenvalue weighted by Crippen LogP contribution is 2.24. The van der Waals surface area contributed by atoms with Gasteiger partial charge < -0.3 is 5.32 Å². The molecule has 0 unspecified atom stereocenters. The number of nitrogens with zero attached hydrogens (tertiary/aromatic N) is 1. The van der Waals surface area contributed by atoms with E-state index in [1.54, 1.807) is 0 Å². The van der Waals surface area contributed by atoms with Gasteiger partial charge in [-0.05, 0) is 25.7 Å². The van der Waals surface area contributed by atoms with Crippen LogP contribution in [0.25, 0.3) is 0 Å². The number of piperazine rings is 1. The summed E-state index contributed by atoms with van der Waals surface area (Å²) in [6.45, 7) is 7.37. The molecule has 1 aliphatic heterocycles. The Morgan fingerprint density at radius 3 is 2.53 bits per heavy atom. The van der Waals surface area contributed by atoms with E-state index in [2.05, 4.69) is 17.1 Å². The number of hydrogen-bond donors (Lipinski definition) is 1. The topological polar surface area (TPSA) is 15.3 Å². The van der Waals surface area contributed by atoms with Gasteiger partial charge in [0.1, 0.15) is 0 Å². The molecule has 88 valence electrons. The third kappa shape index (κ3) is 3.46. The van der Waals surface area contributed by atoms with Gasteiger partial charge in [-0.3, -0.25) is 4.90 Å². The standard InChI is InChI=1S/C13H26N2/c1-12-10-14-8-9-15(12)11-13-6-4-2-3-5-7-13/h12-14H,2-11H2,1H3/t12-/m0/s1. The Labute approximate surface area is 94.4 Å². The van der Waals surface area contributed by atoms with Crippen molar-refractivity contribution >= 4 is 0 Å².